The Kier molecular flexibility index (Phi) is 5.61. The third kappa shape index (κ3) is 4.14. The van der Waals surface area contributed by atoms with Crippen LogP contribution in [0.15, 0.2) is 33.2 Å². The number of furan rings is 1. The third-order valence-electron chi connectivity index (χ3n) is 3.50. The van der Waals surface area contributed by atoms with Gasteiger partial charge in [-0.3, -0.25) is 9.59 Å². The fourth-order valence-electron chi connectivity index (χ4n) is 2.22. The minimum Gasteiger partial charge on any atom is -0.480 e. The lowest BCUT2D eigenvalue weighted by atomic mass is 10.2. The lowest BCUT2D eigenvalue weighted by molar-refractivity contribution is -0.141. The minimum absolute atomic E-state index is 0.0547. The van der Waals surface area contributed by atoms with Crippen molar-refractivity contribution in [3.63, 3.8) is 0 Å². The number of halogens is 1. The number of benzene rings is 1. The number of carboxylic acids is 1. The van der Waals surface area contributed by atoms with E-state index in [1.165, 1.54) is 13.8 Å². The molecule has 2 amide bonds. The molecule has 0 aliphatic rings. The maximum Gasteiger partial charge on any atom is 0.326 e. The molecule has 7 nitrogen and oxygen atoms in total. The zero-order valence-electron chi connectivity index (χ0n) is 13.2. The molecule has 8 heteroatoms. The van der Waals surface area contributed by atoms with Crippen molar-refractivity contribution in [3.05, 3.63) is 34.5 Å². The Morgan fingerprint density at radius 3 is 2.67 bits per heavy atom. The summed E-state index contributed by atoms with van der Waals surface area (Å²) in [6, 6.07) is 5.83. The first kappa shape index (κ1) is 18.0. The summed E-state index contributed by atoms with van der Waals surface area (Å²) in [6.07, 6.45) is 0. The fourth-order valence-corrected chi connectivity index (χ4v) is 2.60. The van der Waals surface area contributed by atoms with Gasteiger partial charge in [-0.05, 0) is 31.2 Å². The first-order valence-corrected chi connectivity index (χ1v) is 8.06. The second-order valence-electron chi connectivity index (χ2n) is 5.29. The van der Waals surface area contributed by atoms with Crippen LogP contribution in [0.1, 0.15) is 24.4 Å². The fraction of sp³-hybridized carbons (Fsp3) is 0.312. The van der Waals surface area contributed by atoms with Crippen LogP contribution in [-0.4, -0.2) is 46.9 Å². The molecular formula is C16H17BrN2O5. The number of rotatable bonds is 6. The summed E-state index contributed by atoms with van der Waals surface area (Å²) in [6.45, 7) is 2.98. The number of carboxylic acid groups (broad SMARTS) is 1. The normalized spacial score (nSPS) is 12.0. The highest BCUT2D eigenvalue weighted by Crippen LogP contribution is 2.24. The molecular weight excluding hydrogens is 380 g/mol. The first-order valence-electron chi connectivity index (χ1n) is 7.27. The first-order chi connectivity index (χ1) is 11.3. The Morgan fingerprint density at radius 1 is 1.33 bits per heavy atom. The maximum absolute atomic E-state index is 12.7. The van der Waals surface area contributed by atoms with Crippen LogP contribution in [-0.2, 0) is 9.59 Å². The summed E-state index contributed by atoms with van der Waals surface area (Å²) in [4.78, 5) is 36.1. The lowest BCUT2D eigenvalue weighted by Crippen LogP contribution is -2.46. The standard InChI is InChI=1S/C16H17BrN2O5/c1-9(16(22)23)19(6-5-18-10(2)20)15(21)14-8-11-7-12(17)3-4-13(11)24-14/h3-4,7-9H,5-6H2,1-2H3,(H,18,20)(H,22,23). The zero-order chi connectivity index (χ0) is 17.9. The van der Waals surface area contributed by atoms with Crippen LogP contribution in [0.25, 0.3) is 11.0 Å². The number of carbonyl (C=O) groups is 3. The molecule has 128 valence electrons. The van der Waals surface area contributed by atoms with E-state index in [0.29, 0.717) is 5.58 Å². The predicted octanol–water partition coefficient (Wildman–Crippen LogP) is 2.25. The van der Waals surface area contributed by atoms with Crippen LogP contribution >= 0.6 is 15.9 Å². The Bertz CT molecular complexity index is 786. The summed E-state index contributed by atoms with van der Waals surface area (Å²) in [5.74, 6) is -1.87. The molecule has 0 aliphatic carbocycles. The van der Waals surface area contributed by atoms with Crippen molar-refractivity contribution in [1.82, 2.24) is 10.2 Å². The highest BCUT2D eigenvalue weighted by Gasteiger charge is 2.28. The van der Waals surface area contributed by atoms with Crippen molar-refractivity contribution in [3.8, 4) is 0 Å². The summed E-state index contributed by atoms with van der Waals surface area (Å²) in [7, 11) is 0. The van der Waals surface area contributed by atoms with Crippen LogP contribution in [0.3, 0.4) is 0 Å². The highest BCUT2D eigenvalue weighted by molar-refractivity contribution is 9.10. The van der Waals surface area contributed by atoms with Gasteiger partial charge in [-0.2, -0.15) is 0 Å². The van der Waals surface area contributed by atoms with E-state index in [1.807, 2.05) is 0 Å². The van der Waals surface area contributed by atoms with Crippen LogP contribution in [0, 0.1) is 0 Å². The van der Waals surface area contributed by atoms with Crippen molar-refractivity contribution < 1.29 is 23.9 Å². The molecule has 1 aromatic heterocycles. The second kappa shape index (κ2) is 7.48. The van der Waals surface area contributed by atoms with E-state index >= 15 is 0 Å². The number of nitrogens with one attached hydrogen (secondary N) is 1. The second-order valence-corrected chi connectivity index (χ2v) is 6.20. The van der Waals surface area contributed by atoms with Crippen molar-refractivity contribution in [1.29, 1.82) is 0 Å². The number of nitrogens with zero attached hydrogens (tertiary/aromatic N) is 1. The van der Waals surface area contributed by atoms with Crippen molar-refractivity contribution in [2.75, 3.05) is 13.1 Å². The summed E-state index contributed by atoms with van der Waals surface area (Å²) in [5.41, 5.74) is 0.534. The van der Waals surface area contributed by atoms with Crippen molar-refractivity contribution >= 4 is 44.7 Å². The van der Waals surface area contributed by atoms with Gasteiger partial charge in [-0.15, -0.1) is 0 Å². The highest BCUT2D eigenvalue weighted by atomic mass is 79.9. The Hall–Kier alpha value is -2.35. The van der Waals surface area contributed by atoms with E-state index in [1.54, 1.807) is 24.3 Å². The molecule has 0 radical (unpaired) electrons. The van der Waals surface area contributed by atoms with E-state index < -0.39 is 17.9 Å². The van der Waals surface area contributed by atoms with E-state index in [4.69, 9.17) is 4.42 Å². The topological polar surface area (TPSA) is 99.9 Å². The van der Waals surface area contributed by atoms with Gasteiger partial charge in [0.25, 0.3) is 5.91 Å². The van der Waals surface area contributed by atoms with Crippen LogP contribution in [0.4, 0.5) is 0 Å². The minimum atomic E-state index is -1.13. The molecule has 1 heterocycles. The van der Waals surface area contributed by atoms with Crippen LogP contribution in [0.5, 0.6) is 0 Å². The molecule has 0 fully saturated rings. The van der Waals surface area contributed by atoms with Gasteiger partial charge in [0.05, 0.1) is 0 Å². The third-order valence-corrected chi connectivity index (χ3v) is 3.99. The van der Waals surface area contributed by atoms with Crippen molar-refractivity contribution in [2.24, 2.45) is 0 Å². The quantitative estimate of drug-likeness (QED) is 0.779. The average molecular weight is 397 g/mol. The van der Waals surface area contributed by atoms with E-state index in [2.05, 4.69) is 21.2 Å². The molecule has 1 atom stereocenters. The Morgan fingerprint density at radius 2 is 2.04 bits per heavy atom. The molecule has 2 N–H and O–H groups in total. The smallest absolute Gasteiger partial charge is 0.326 e. The molecule has 2 aromatic rings. The van der Waals surface area contributed by atoms with E-state index in [-0.39, 0.29) is 24.8 Å². The SMILES string of the molecule is CC(=O)NCCN(C(=O)c1cc2cc(Br)ccc2o1)C(C)C(=O)O. The summed E-state index contributed by atoms with van der Waals surface area (Å²) >= 11 is 3.34. The van der Waals surface area contributed by atoms with Crippen LogP contribution < -0.4 is 5.32 Å². The molecule has 0 aliphatic heterocycles. The number of amides is 2. The molecule has 0 bridgehead atoms. The van der Waals surface area contributed by atoms with Gasteiger partial charge in [0.1, 0.15) is 11.6 Å². The number of aliphatic carboxylic acids is 1. The number of carbonyl (C=O) groups excluding carboxylic acids is 2. The monoisotopic (exact) mass is 396 g/mol. The zero-order valence-corrected chi connectivity index (χ0v) is 14.8. The van der Waals surface area contributed by atoms with Crippen LogP contribution in [0.2, 0.25) is 0 Å². The lowest BCUT2D eigenvalue weighted by Gasteiger charge is -2.25. The molecule has 1 unspecified atom stereocenters. The molecule has 0 saturated heterocycles. The van der Waals surface area contributed by atoms with E-state index in [9.17, 15) is 19.5 Å². The largest absolute Gasteiger partial charge is 0.480 e. The Balaban J connectivity index is 2.26. The van der Waals surface area contributed by atoms with Gasteiger partial charge >= 0.3 is 5.97 Å². The predicted molar refractivity (Wildman–Crippen MR) is 90.7 cm³/mol. The molecule has 24 heavy (non-hydrogen) atoms. The molecule has 1 aromatic carbocycles. The van der Waals surface area contributed by atoms with Crippen molar-refractivity contribution in [2.45, 2.75) is 19.9 Å². The molecule has 0 saturated carbocycles. The number of hydrogen-bond donors (Lipinski definition) is 2. The van der Waals surface area contributed by atoms with E-state index in [0.717, 1.165) is 14.8 Å². The average Bonchev–Trinajstić information content (AvgIpc) is 2.93. The van der Waals surface area contributed by atoms with Gasteiger partial charge in [0.2, 0.25) is 5.91 Å². The van der Waals surface area contributed by atoms with Gasteiger partial charge < -0.3 is 19.7 Å². The number of hydrogen-bond acceptors (Lipinski definition) is 4. The number of fused-ring (bicyclic) bond motifs is 1. The summed E-state index contributed by atoms with van der Waals surface area (Å²) in [5, 5.41) is 12.5. The summed E-state index contributed by atoms with van der Waals surface area (Å²) < 4.78 is 6.37. The molecule has 0 spiro atoms. The van der Waals surface area contributed by atoms with Gasteiger partial charge in [-0.25, -0.2) is 4.79 Å². The van der Waals surface area contributed by atoms with Gasteiger partial charge in [0, 0.05) is 29.9 Å². The maximum atomic E-state index is 12.7. The molecule has 2 rings (SSSR count). The van der Waals surface area contributed by atoms with Gasteiger partial charge in [-0.1, -0.05) is 15.9 Å². The Labute approximate surface area is 146 Å². The van der Waals surface area contributed by atoms with Gasteiger partial charge in [0.15, 0.2) is 5.76 Å².